The third-order valence-corrected chi connectivity index (χ3v) is 4.39. The average Bonchev–Trinajstić information content (AvgIpc) is 2.93. The summed E-state index contributed by atoms with van der Waals surface area (Å²) in [6.07, 6.45) is 1.43. The quantitative estimate of drug-likeness (QED) is 0.757. The average molecular weight is 334 g/mol. The van der Waals surface area contributed by atoms with Gasteiger partial charge in [-0.2, -0.15) is 0 Å². The van der Waals surface area contributed by atoms with E-state index >= 15 is 0 Å². The van der Waals surface area contributed by atoms with Crippen LogP contribution >= 0.6 is 22.9 Å². The van der Waals surface area contributed by atoms with Gasteiger partial charge in [0.25, 0.3) is 0 Å². The molecule has 0 fully saturated rings. The van der Waals surface area contributed by atoms with E-state index in [2.05, 4.69) is 15.3 Å². The van der Waals surface area contributed by atoms with Gasteiger partial charge in [-0.1, -0.05) is 23.7 Å². The largest absolute Gasteiger partial charge is 0.480 e. The molecule has 0 aliphatic heterocycles. The Morgan fingerprint density at radius 3 is 2.73 bits per heavy atom. The van der Waals surface area contributed by atoms with Gasteiger partial charge < -0.3 is 10.4 Å². The minimum Gasteiger partial charge on any atom is -0.480 e. The second-order valence-electron chi connectivity index (χ2n) is 4.76. The van der Waals surface area contributed by atoms with E-state index in [1.54, 1.807) is 6.92 Å². The van der Waals surface area contributed by atoms with Crippen LogP contribution in [-0.2, 0) is 4.79 Å². The number of benzene rings is 1. The molecule has 7 heteroatoms. The first-order valence-electron chi connectivity index (χ1n) is 6.53. The smallest absolute Gasteiger partial charge is 0.325 e. The molecular weight excluding hydrogens is 322 g/mol. The Kier molecular flexibility index (Phi) is 3.96. The summed E-state index contributed by atoms with van der Waals surface area (Å²) in [5.41, 5.74) is 1.94. The van der Waals surface area contributed by atoms with Crippen molar-refractivity contribution in [1.82, 2.24) is 9.97 Å². The second kappa shape index (κ2) is 5.90. The Labute approximate surface area is 135 Å². The van der Waals surface area contributed by atoms with Gasteiger partial charge in [0.2, 0.25) is 0 Å². The van der Waals surface area contributed by atoms with Crippen LogP contribution in [0.3, 0.4) is 0 Å². The van der Waals surface area contributed by atoms with Crippen LogP contribution in [0, 0.1) is 0 Å². The molecule has 1 aromatic carbocycles. The molecule has 2 heterocycles. The van der Waals surface area contributed by atoms with Gasteiger partial charge in [0.1, 0.15) is 23.0 Å². The third-order valence-electron chi connectivity index (χ3n) is 3.25. The van der Waals surface area contributed by atoms with Gasteiger partial charge in [-0.3, -0.25) is 4.79 Å². The van der Waals surface area contributed by atoms with E-state index < -0.39 is 12.0 Å². The number of carboxylic acids is 1. The zero-order chi connectivity index (χ0) is 15.7. The molecule has 5 nitrogen and oxygen atoms in total. The van der Waals surface area contributed by atoms with Gasteiger partial charge >= 0.3 is 5.97 Å². The number of nitrogens with zero attached hydrogens (tertiary/aromatic N) is 2. The molecule has 0 spiro atoms. The molecule has 0 saturated carbocycles. The highest BCUT2D eigenvalue weighted by atomic mass is 35.5. The van der Waals surface area contributed by atoms with Gasteiger partial charge in [0.15, 0.2) is 0 Å². The first kappa shape index (κ1) is 14.7. The van der Waals surface area contributed by atoms with Crippen LogP contribution < -0.4 is 5.32 Å². The number of aromatic nitrogens is 2. The van der Waals surface area contributed by atoms with E-state index in [0.29, 0.717) is 10.8 Å². The molecule has 1 atom stereocenters. The van der Waals surface area contributed by atoms with E-state index in [4.69, 9.17) is 16.7 Å². The number of carbonyl (C=O) groups is 1. The van der Waals surface area contributed by atoms with Gasteiger partial charge in [0, 0.05) is 16.0 Å². The predicted molar refractivity (Wildman–Crippen MR) is 88.6 cm³/mol. The highest BCUT2D eigenvalue weighted by molar-refractivity contribution is 7.17. The van der Waals surface area contributed by atoms with Crippen molar-refractivity contribution in [3.8, 4) is 11.1 Å². The number of thiophene rings is 1. The van der Waals surface area contributed by atoms with Crippen LogP contribution in [0.1, 0.15) is 6.92 Å². The fourth-order valence-electron chi connectivity index (χ4n) is 2.09. The number of nitrogens with one attached hydrogen (secondary N) is 1. The summed E-state index contributed by atoms with van der Waals surface area (Å²) in [6.45, 7) is 1.57. The molecule has 2 N–H and O–H groups in total. The van der Waals surface area contributed by atoms with Crippen LogP contribution in [0.25, 0.3) is 21.3 Å². The van der Waals surface area contributed by atoms with Crippen molar-refractivity contribution in [2.24, 2.45) is 0 Å². The maximum absolute atomic E-state index is 11.1. The standard InChI is InChI=1S/C15H12ClN3O2S/c1-8(15(20)21)19-13-12-11(6-22-14(12)18-7-17-13)9-2-4-10(16)5-3-9/h2-8H,1H3,(H,20,21)(H,17,18,19). The number of rotatable bonds is 4. The van der Waals surface area contributed by atoms with Crippen LogP contribution in [0.5, 0.6) is 0 Å². The number of fused-ring (bicyclic) bond motifs is 1. The molecule has 0 saturated heterocycles. The Balaban J connectivity index is 2.12. The fraction of sp³-hybridized carbons (Fsp3) is 0.133. The summed E-state index contributed by atoms with van der Waals surface area (Å²) in [6, 6.07) is 6.73. The van der Waals surface area contributed by atoms with E-state index in [1.165, 1.54) is 17.7 Å². The van der Waals surface area contributed by atoms with Crippen molar-refractivity contribution in [3.63, 3.8) is 0 Å². The molecule has 22 heavy (non-hydrogen) atoms. The van der Waals surface area contributed by atoms with Crippen LogP contribution in [0.15, 0.2) is 36.0 Å². The first-order valence-corrected chi connectivity index (χ1v) is 7.79. The van der Waals surface area contributed by atoms with Crippen LogP contribution in [-0.4, -0.2) is 27.1 Å². The van der Waals surface area contributed by atoms with E-state index in [9.17, 15) is 4.79 Å². The molecule has 0 aliphatic carbocycles. The van der Waals surface area contributed by atoms with Crippen molar-refractivity contribution < 1.29 is 9.90 Å². The number of hydrogen-bond donors (Lipinski definition) is 2. The molecule has 2 aromatic heterocycles. The summed E-state index contributed by atoms with van der Waals surface area (Å²) in [7, 11) is 0. The van der Waals surface area contributed by atoms with Crippen molar-refractivity contribution in [1.29, 1.82) is 0 Å². The topological polar surface area (TPSA) is 75.1 Å². The SMILES string of the molecule is CC(Nc1ncnc2scc(-c3ccc(Cl)cc3)c12)C(=O)O. The monoisotopic (exact) mass is 333 g/mol. The molecular formula is C15H12ClN3O2S. The third kappa shape index (κ3) is 2.75. The minimum absolute atomic E-state index is 0.520. The Morgan fingerprint density at radius 1 is 1.32 bits per heavy atom. The molecule has 0 bridgehead atoms. The Hall–Kier alpha value is -2.18. The van der Waals surface area contributed by atoms with E-state index in [1.807, 2.05) is 29.6 Å². The van der Waals surface area contributed by atoms with Gasteiger partial charge in [-0.15, -0.1) is 11.3 Å². The number of halogens is 1. The summed E-state index contributed by atoms with van der Waals surface area (Å²) >= 11 is 7.42. The fourth-order valence-corrected chi connectivity index (χ4v) is 3.14. The highest BCUT2D eigenvalue weighted by Gasteiger charge is 2.17. The lowest BCUT2D eigenvalue weighted by Crippen LogP contribution is -2.26. The predicted octanol–water partition coefficient (Wildman–Crippen LogP) is 3.90. The summed E-state index contributed by atoms with van der Waals surface area (Å²) in [4.78, 5) is 20.3. The minimum atomic E-state index is -0.935. The zero-order valence-corrected chi connectivity index (χ0v) is 13.1. The normalized spacial score (nSPS) is 12.3. The molecule has 0 radical (unpaired) electrons. The van der Waals surface area contributed by atoms with E-state index in [-0.39, 0.29) is 0 Å². The second-order valence-corrected chi connectivity index (χ2v) is 6.06. The van der Waals surface area contributed by atoms with Gasteiger partial charge in [-0.05, 0) is 24.6 Å². The maximum atomic E-state index is 11.1. The summed E-state index contributed by atoms with van der Waals surface area (Å²) in [5, 5.41) is 15.5. The van der Waals surface area contributed by atoms with Crippen LogP contribution in [0.4, 0.5) is 5.82 Å². The summed E-state index contributed by atoms with van der Waals surface area (Å²) in [5.74, 6) is -0.416. The maximum Gasteiger partial charge on any atom is 0.325 e. The number of anilines is 1. The van der Waals surface area contributed by atoms with Crippen LogP contribution in [0.2, 0.25) is 5.02 Å². The number of carboxylic acid groups (broad SMARTS) is 1. The Morgan fingerprint density at radius 2 is 2.05 bits per heavy atom. The molecule has 3 rings (SSSR count). The van der Waals surface area contributed by atoms with Crippen molar-refractivity contribution >= 4 is 44.9 Å². The highest BCUT2D eigenvalue weighted by Crippen LogP contribution is 2.36. The number of hydrogen-bond acceptors (Lipinski definition) is 5. The first-order chi connectivity index (χ1) is 10.6. The summed E-state index contributed by atoms with van der Waals surface area (Å²) < 4.78 is 0. The lowest BCUT2D eigenvalue weighted by atomic mass is 10.1. The number of aliphatic carboxylic acids is 1. The molecule has 3 aromatic rings. The zero-order valence-electron chi connectivity index (χ0n) is 11.6. The van der Waals surface area contributed by atoms with E-state index in [0.717, 1.165) is 21.3 Å². The lowest BCUT2D eigenvalue weighted by molar-refractivity contribution is -0.137. The van der Waals surface area contributed by atoms with Crippen molar-refractivity contribution in [2.45, 2.75) is 13.0 Å². The van der Waals surface area contributed by atoms with Gasteiger partial charge in [0.05, 0.1) is 5.39 Å². The lowest BCUT2D eigenvalue weighted by Gasteiger charge is -2.11. The van der Waals surface area contributed by atoms with Crippen molar-refractivity contribution in [3.05, 3.63) is 41.0 Å². The molecule has 0 aliphatic rings. The molecule has 112 valence electrons. The molecule has 1 unspecified atom stereocenters. The Bertz CT molecular complexity index is 832. The molecule has 0 amide bonds. The van der Waals surface area contributed by atoms with Gasteiger partial charge in [-0.25, -0.2) is 9.97 Å². The van der Waals surface area contributed by atoms with Crippen molar-refractivity contribution in [2.75, 3.05) is 5.32 Å².